The number of carbonyl (C=O) groups excluding carboxylic acids is 1. The summed E-state index contributed by atoms with van der Waals surface area (Å²) in [7, 11) is 0. The van der Waals surface area contributed by atoms with Gasteiger partial charge in [0.1, 0.15) is 17.4 Å². The van der Waals surface area contributed by atoms with Crippen LogP contribution in [0.3, 0.4) is 0 Å². The number of fused-ring (bicyclic) bond motifs is 1. The Kier molecular flexibility index (Phi) is 4.07. The van der Waals surface area contributed by atoms with Crippen LogP contribution >= 0.6 is 0 Å². The number of aliphatic hydroxyl groups excluding tert-OH is 2. The maximum absolute atomic E-state index is 11.8. The van der Waals surface area contributed by atoms with E-state index < -0.39 is 18.2 Å². The third-order valence-electron chi connectivity index (χ3n) is 3.40. The van der Waals surface area contributed by atoms with E-state index in [9.17, 15) is 20.1 Å². The molecule has 0 spiro atoms. The maximum atomic E-state index is 11.8. The molecule has 1 aliphatic heterocycles. The van der Waals surface area contributed by atoms with Crippen molar-refractivity contribution in [3.05, 3.63) is 29.3 Å². The minimum Gasteiger partial charge on any atom is -0.507 e. The lowest BCUT2D eigenvalue weighted by Crippen LogP contribution is -2.30. The van der Waals surface area contributed by atoms with Gasteiger partial charge in [0.25, 0.3) is 0 Å². The molecular formula is C14H18O5. The molecule has 104 valence electrons. The first-order chi connectivity index (χ1) is 8.99. The van der Waals surface area contributed by atoms with E-state index in [0.717, 1.165) is 5.56 Å². The van der Waals surface area contributed by atoms with E-state index in [4.69, 9.17) is 4.74 Å². The molecule has 0 radical (unpaired) electrons. The minimum atomic E-state index is -0.815. The van der Waals surface area contributed by atoms with Gasteiger partial charge in [-0.3, -0.25) is 0 Å². The second-order valence-electron chi connectivity index (χ2n) is 4.93. The van der Waals surface area contributed by atoms with Gasteiger partial charge in [-0.2, -0.15) is 0 Å². The third-order valence-corrected chi connectivity index (χ3v) is 3.40. The number of aliphatic hydroxyl groups is 2. The van der Waals surface area contributed by atoms with Crippen molar-refractivity contribution < 1.29 is 24.9 Å². The van der Waals surface area contributed by atoms with E-state index >= 15 is 0 Å². The summed E-state index contributed by atoms with van der Waals surface area (Å²) in [5.41, 5.74) is 0.989. The molecule has 0 aromatic heterocycles. The molecule has 3 atom stereocenters. The van der Waals surface area contributed by atoms with Crippen molar-refractivity contribution in [3.8, 4) is 5.75 Å². The number of rotatable bonds is 4. The number of phenolic OH excluding ortho intramolecular Hbond substituents is 1. The lowest BCUT2D eigenvalue weighted by Gasteiger charge is -2.26. The standard InChI is InChI=1S/C14H18O5/c1-8(15)11(16)6-5-10-7-9-3-2-4-12(17)13(9)14(18)19-10/h2-4,8,10-11,15-17H,5-7H2,1H3/t8-,10+,11-/m0/s1. The summed E-state index contributed by atoms with van der Waals surface area (Å²) < 4.78 is 5.23. The van der Waals surface area contributed by atoms with Crippen molar-refractivity contribution in [2.45, 2.75) is 44.5 Å². The van der Waals surface area contributed by atoms with E-state index in [-0.39, 0.29) is 17.4 Å². The highest BCUT2D eigenvalue weighted by molar-refractivity contribution is 5.95. The molecule has 1 aromatic rings. The first kappa shape index (κ1) is 13.8. The van der Waals surface area contributed by atoms with Crippen LogP contribution in [0.15, 0.2) is 18.2 Å². The molecule has 0 bridgehead atoms. The summed E-state index contributed by atoms with van der Waals surface area (Å²) in [6.45, 7) is 1.52. The van der Waals surface area contributed by atoms with Crippen molar-refractivity contribution in [3.63, 3.8) is 0 Å². The molecule has 0 amide bonds. The normalized spacial score (nSPS) is 21.4. The third kappa shape index (κ3) is 3.05. The zero-order valence-electron chi connectivity index (χ0n) is 10.7. The van der Waals surface area contributed by atoms with Crippen LogP contribution in [0.4, 0.5) is 0 Å². The highest BCUT2D eigenvalue weighted by Crippen LogP contribution is 2.29. The number of hydrogen-bond donors (Lipinski definition) is 3. The molecule has 5 nitrogen and oxygen atoms in total. The highest BCUT2D eigenvalue weighted by atomic mass is 16.5. The minimum absolute atomic E-state index is 0.0648. The predicted octanol–water partition coefficient (Wildman–Crippen LogP) is 0.996. The quantitative estimate of drug-likeness (QED) is 0.708. The molecule has 19 heavy (non-hydrogen) atoms. The molecule has 0 aliphatic carbocycles. The fourth-order valence-electron chi connectivity index (χ4n) is 2.25. The lowest BCUT2D eigenvalue weighted by molar-refractivity contribution is 0.00155. The average Bonchev–Trinajstić information content (AvgIpc) is 2.35. The van der Waals surface area contributed by atoms with Gasteiger partial charge in [-0.05, 0) is 31.4 Å². The molecule has 1 aromatic carbocycles. The van der Waals surface area contributed by atoms with Crippen LogP contribution in [0, 0.1) is 0 Å². The number of ether oxygens (including phenoxy) is 1. The first-order valence-corrected chi connectivity index (χ1v) is 6.37. The smallest absolute Gasteiger partial charge is 0.342 e. The number of esters is 1. The Bertz CT molecular complexity index is 469. The summed E-state index contributed by atoms with van der Waals surface area (Å²) in [6.07, 6.45) is -0.575. The van der Waals surface area contributed by atoms with Crippen molar-refractivity contribution in [1.82, 2.24) is 0 Å². The fraction of sp³-hybridized carbons (Fsp3) is 0.500. The average molecular weight is 266 g/mol. The van der Waals surface area contributed by atoms with Gasteiger partial charge < -0.3 is 20.1 Å². The number of carbonyl (C=O) groups is 1. The first-order valence-electron chi connectivity index (χ1n) is 6.37. The molecule has 3 N–H and O–H groups in total. The Labute approximate surface area is 111 Å². The van der Waals surface area contributed by atoms with Crippen LogP contribution < -0.4 is 0 Å². The highest BCUT2D eigenvalue weighted by Gasteiger charge is 2.29. The zero-order valence-corrected chi connectivity index (χ0v) is 10.7. The van der Waals surface area contributed by atoms with Crippen molar-refractivity contribution >= 4 is 5.97 Å². The summed E-state index contributed by atoms with van der Waals surface area (Å²) in [6, 6.07) is 4.93. The number of phenols is 1. The van der Waals surface area contributed by atoms with Crippen LogP contribution in [-0.2, 0) is 11.2 Å². The lowest BCUT2D eigenvalue weighted by atomic mass is 9.94. The van der Waals surface area contributed by atoms with E-state index in [0.29, 0.717) is 19.3 Å². The van der Waals surface area contributed by atoms with Crippen LogP contribution in [0.5, 0.6) is 5.75 Å². The Hall–Kier alpha value is -1.59. The topological polar surface area (TPSA) is 87.0 Å². The van der Waals surface area contributed by atoms with Gasteiger partial charge in [0.2, 0.25) is 0 Å². The van der Waals surface area contributed by atoms with Crippen LogP contribution in [0.25, 0.3) is 0 Å². The summed E-state index contributed by atoms with van der Waals surface area (Å²) in [4.78, 5) is 11.8. The van der Waals surface area contributed by atoms with Gasteiger partial charge in [-0.15, -0.1) is 0 Å². The molecule has 0 saturated heterocycles. The molecule has 0 fully saturated rings. The van der Waals surface area contributed by atoms with Crippen molar-refractivity contribution in [2.75, 3.05) is 0 Å². The van der Waals surface area contributed by atoms with E-state index in [1.807, 2.05) is 0 Å². The molecule has 1 aliphatic rings. The van der Waals surface area contributed by atoms with E-state index in [2.05, 4.69) is 0 Å². The maximum Gasteiger partial charge on any atom is 0.342 e. The number of hydrogen-bond acceptors (Lipinski definition) is 5. The molecule has 5 heteroatoms. The van der Waals surface area contributed by atoms with Gasteiger partial charge in [-0.1, -0.05) is 12.1 Å². The molecular weight excluding hydrogens is 248 g/mol. The molecule has 1 heterocycles. The fourth-order valence-corrected chi connectivity index (χ4v) is 2.25. The monoisotopic (exact) mass is 266 g/mol. The second-order valence-corrected chi connectivity index (χ2v) is 4.93. The SMILES string of the molecule is C[C@H](O)[C@@H](O)CC[C@@H]1Cc2cccc(O)c2C(=O)O1. The van der Waals surface area contributed by atoms with Gasteiger partial charge in [0, 0.05) is 6.42 Å². The molecule has 0 unspecified atom stereocenters. The Morgan fingerprint density at radius 3 is 2.84 bits per heavy atom. The Balaban J connectivity index is 2.03. The number of benzene rings is 1. The summed E-state index contributed by atoms with van der Waals surface area (Å²) in [5, 5.41) is 28.4. The van der Waals surface area contributed by atoms with Gasteiger partial charge in [-0.25, -0.2) is 4.79 Å². The molecule has 0 saturated carbocycles. The number of cyclic esters (lactones) is 1. The summed E-state index contributed by atoms with van der Waals surface area (Å²) >= 11 is 0. The van der Waals surface area contributed by atoms with E-state index in [1.165, 1.54) is 13.0 Å². The van der Waals surface area contributed by atoms with Crippen LogP contribution in [0.2, 0.25) is 0 Å². The van der Waals surface area contributed by atoms with Gasteiger partial charge in [0.05, 0.1) is 12.2 Å². The van der Waals surface area contributed by atoms with Crippen molar-refractivity contribution in [2.24, 2.45) is 0 Å². The van der Waals surface area contributed by atoms with Crippen LogP contribution in [-0.4, -0.2) is 39.6 Å². The van der Waals surface area contributed by atoms with Gasteiger partial charge >= 0.3 is 5.97 Å². The van der Waals surface area contributed by atoms with Gasteiger partial charge in [0.15, 0.2) is 0 Å². The predicted molar refractivity (Wildman–Crippen MR) is 67.9 cm³/mol. The molecule has 2 rings (SSSR count). The Morgan fingerprint density at radius 1 is 1.42 bits per heavy atom. The number of aromatic hydroxyl groups is 1. The second kappa shape index (κ2) is 5.59. The zero-order chi connectivity index (χ0) is 14.0. The Morgan fingerprint density at radius 2 is 2.16 bits per heavy atom. The van der Waals surface area contributed by atoms with E-state index in [1.54, 1.807) is 12.1 Å². The largest absolute Gasteiger partial charge is 0.507 e. The van der Waals surface area contributed by atoms with Crippen LogP contribution in [0.1, 0.15) is 35.7 Å². The van der Waals surface area contributed by atoms with Crippen molar-refractivity contribution in [1.29, 1.82) is 0 Å². The summed E-state index contributed by atoms with van der Waals surface area (Å²) in [5.74, 6) is -0.596.